The molecule has 1 fully saturated rings. The number of likely N-dealkylation sites (tertiary alicyclic amines) is 1. The lowest BCUT2D eigenvalue weighted by Crippen LogP contribution is -2.38. The molecule has 1 heterocycles. The quantitative estimate of drug-likeness (QED) is 0.197. The SMILES string of the molecule is CCN(CC)CCN1C(=O)C(=O)/C(=C(/O)c2ccc(OC)c(C)c2)[C@H]1c1ccc([N+](=O)[O-])cc1. The molecule has 1 atom stereocenters. The largest absolute Gasteiger partial charge is 0.507 e. The van der Waals surface area contributed by atoms with Crippen molar-refractivity contribution in [2.45, 2.75) is 26.8 Å². The zero-order valence-corrected chi connectivity index (χ0v) is 19.8. The van der Waals surface area contributed by atoms with E-state index in [2.05, 4.69) is 4.90 Å². The van der Waals surface area contributed by atoms with Gasteiger partial charge in [0.25, 0.3) is 17.4 Å². The molecule has 1 saturated heterocycles. The molecule has 3 rings (SSSR count). The Morgan fingerprint density at radius 1 is 1.15 bits per heavy atom. The second-order valence-corrected chi connectivity index (χ2v) is 8.05. The molecule has 0 spiro atoms. The van der Waals surface area contributed by atoms with Gasteiger partial charge in [0.15, 0.2) is 0 Å². The number of Topliss-reactive ketones (excluding diaryl/α,β-unsaturated/α-hetero) is 1. The van der Waals surface area contributed by atoms with Gasteiger partial charge in [0.1, 0.15) is 11.5 Å². The van der Waals surface area contributed by atoms with Crippen molar-refractivity contribution >= 4 is 23.1 Å². The van der Waals surface area contributed by atoms with Crippen LogP contribution in [0.15, 0.2) is 48.0 Å². The molecule has 9 nitrogen and oxygen atoms in total. The summed E-state index contributed by atoms with van der Waals surface area (Å²) in [7, 11) is 1.54. The van der Waals surface area contributed by atoms with Crippen LogP contribution in [0.1, 0.15) is 36.6 Å². The van der Waals surface area contributed by atoms with Gasteiger partial charge in [0, 0.05) is 30.8 Å². The van der Waals surface area contributed by atoms with Crippen LogP contribution in [0, 0.1) is 17.0 Å². The number of aliphatic hydroxyl groups is 1. The number of nitrogens with zero attached hydrogens (tertiary/aromatic N) is 3. The first-order chi connectivity index (χ1) is 16.2. The summed E-state index contributed by atoms with van der Waals surface area (Å²) in [6, 6.07) is 9.83. The summed E-state index contributed by atoms with van der Waals surface area (Å²) < 4.78 is 5.27. The van der Waals surface area contributed by atoms with E-state index in [0.29, 0.717) is 23.4 Å². The minimum atomic E-state index is -0.862. The number of carbonyl (C=O) groups is 2. The average molecular weight is 468 g/mol. The summed E-state index contributed by atoms with van der Waals surface area (Å²) in [5, 5.41) is 22.3. The van der Waals surface area contributed by atoms with Crippen LogP contribution in [0.25, 0.3) is 5.76 Å². The summed E-state index contributed by atoms with van der Waals surface area (Å²) >= 11 is 0. The molecular formula is C25H29N3O6. The molecule has 0 unspecified atom stereocenters. The highest BCUT2D eigenvalue weighted by atomic mass is 16.6. The fraction of sp³-hybridized carbons (Fsp3) is 0.360. The number of rotatable bonds is 9. The summed E-state index contributed by atoms with van der Waals surface area (Å²) in [6.45, 7) is 8.22. The first-order valence-electron chi connectivity index (χ1n) is 11.1. The molecule has 2 aromatic carbocycles. The van der Waals surface area contributed by atoms with Crippen molar-refractivity contribution in [3.63, 3.8) is 0 Å². The number of ether oxygens (including phenoxy) is 1. The highest BCUT2D eigenvalue weighted by Gasteiger charge is 2.46. The highest BCUT2D eigenvalue weighted by molar-refractivity contribution is 6.46. The Balaban J connectivity index is 2.12. The normalized spacial score (nSPS) is 17.4. The zero-order valence-electron chi connectivity index (χ0n) is 19.8. The van der Waals surface area contributed by atoms with Crippen molar-refractivity contribution < 1.29 is 24.4 Å². The number of benzene rings is 2. The fourth-order valence-electron chi connectivity index (χ4n) is 4.21. The van der Waals surface area contributed by atoms with E-state index in [1.807, 2.05) is 20.8 Å². The molecule has 0 aromatic heterocycles. The van der Waals surface area contributed by atoms with Gasteiger partial charge in [0.05, 0.1) is 23.6 Å². The van der Waals surface area contributed by atoms with Gasteiger partial charge in [-0.3, -0.25) is 19.7 Å². The number of hydrogen-bond donors (Lipinski definition) is 1. The lowest BCUT2D eigenvalue weighted by atomic mass is 9.94. The molecule has 180 valence electrons. The Hall–Kier alpha value is -3.72. The second-order valence-electron chi connectivity index (χ2n) is 8.05. The smallest absolute Gasteiger partial charge is 0.295 e. The van der Waals surface area contributed by atoms with Crippen LogP contribution in [-0.2, 0) is 9.59 Å². The van der Waals surface area contributed by atoms with E-state index in [1.54, 1.807) is 18.2 Å². The third-order valence-corrected chi connectivity index (χ3v) is 6.18. The Morgan fingerprint density at radius 3 is 2.32 bits per heavy atom. The minimum Gasteiger partial charge on any atom is -0.507 e. The minimum absolute atomic E-state index is 0.0389. The van der Waals surface area contributed by atoms with Gasteiger partial charge in [-0.25, -0.2) is 0 Å². The number of non-ortho nitro benzene ring substituents is 1. The summed E-state index contributed by atoms with van der Waals surface area (Å²) in [5.41, 5.74) is 1.51. The molecule has 1 amide bonds. The highest BCUT2D eigenvalue weighted by Crippen LogP contribution is 2.40. The maximum atomic E-state index is 13.1. The van der Waals surface area contributed by atoms with Crippen LogP contribution < -0.4 is 4.74 Å². The number of nitro groups is 1. The predicted molar refractivity (Wildman–Crippen MR) is 128 cm³/mol. The van der Waals surface area contributed by atoms with Crippen LogP contribution in [0.5, 0.6) is 5.75 Å². The topological polar surface area (TPSA) is 113 Å². The maximum Gasteiger partial charge on any atom is 0.295 e. The number of aryl methyl sites for hydroxylation is 1. The van der Waals surface area contributed by atoms with Crippen molar-refractivity contribution in [1.82, 2.24) is 9.80 Å². The first-order valence-corrected chi connectivity index (χ1v) is 11.1. The average Bonchev–Trinajstić information content (AvgIpc) is 3.09. The maximum absolute atomic E-state index is 13.1. The molecule has 1 N–H and O–H groups in total. The number of carbonyl (C=O) groups excluding carboxylic acids is 2. The molecule has 1 aliphatic heterocycles. The Kier molecular flexibility index (Phi) is 7.68. The number of nitro benzene ring substituents is 1. The molecule has 0 saturated carbocycles. The number of ketones is 1. The second kappa shape index (κ2) is 10.5. The zero-order chi connectivity index (χ0) is 25.0. The van der Waals surface area contributed by atoms with Crippen molar-refractivity contribution in [2.24, 2.45) is 0 Å². The molecule has 0 aliphatic carbocycles. The molecule has 9 heteroatoms. The Labute approximate surface area is 198 Å². The molecule has 0 radical (unpaired) electrons. The van der Waals surface area contributed by atoms with E-state index in [1.165, 1.54) is 36.3 Å². The predicted octanol–water partition coefficient (Wildman–Crippen LogP) is 3.68. The van der Waals surface area contributed by atoms with Gasteiger partial charge in [0.2, 0.25) is 0 Å². The van der Waals surface area contributed by atoms with E-state index in [9.17, 15) is 24.8 Å². The van der Waals surface area contributed by atoms with Gasteiger partial charge in [-0.05, 0) is 61.5 Å². The third-order valence-electron chi connectivity index (χ3n) is 6.18. The summed E-state index contributed by atoms with van der Waals surface area (Å²) in [5.74, 6) is -1.16. The van der Waals surface area contributed by atoms with Crippen molar-refractivity contribution in [3.8, 4) is 5.75 Å². The summed E-state index contributed by atoms with van der Waals surface area (Å²) in [4.78, 5) is 40.3. The lowest BCUT2D eigenvalue weighted by Gasteiger charge is -2.28. The number of likely N-dealkylation sites (N-methyl/N-ethyl adjacent to an activating group) is 1. The standard InChI is InChI=1S/C25H29N3O6/c1-5-26(6-2)13-14-27-22(17-7-10-19(11-8-17)28(32)33)21(24(30)25(27)31)23(29)18-9-12-20(34-4)16(3)15-18/h7-12,15,22,29H,5-6,13-14H2,1-4H3/b23-21+/t22-/m1/s1. The van der Waals surface area contributed by atoms with Crippen LogP contribution in [0.2, 0.25) is 0 Å². The van der Waals surface area contributed by atoms with Gasteiger partial charge >= 0.3 is 0 Å². The van der Waals surface area contributed by atoms with Crippen LogP contribution in [-0.4, -0.2) is 64.8 Å². The van der Waals surface area contributed by atoms with Crippen LogP contribution >= 0.6 is 0 Å². The van der Waals surface area contributed by atoms with E-state index in [0.717, 1.165) is 18.7 Å². The molecule has 34 heavy (non-hydrogen) atoms. The lowest BCUT2D eigenvalue weighted by molar-refractivity contribution is -0.384. The van der Waals surface area contributed by atoms with E-state index < -0.39 is 22.7 Å². The van der Waals surface area contributed by atoms with E-state index in [-0.39, 0.29) is 23.6 Å². The number of amides is 1. The van der Waals surface area contributed by atoms with Gasteiger partial charge in [-0.15, -0.1) is 0 Å². The Morgan fingerprint density at radius 2 is 1.79 bits per heavy atom. The van der Waals surface area contributed by atoms with Crippen molar-refractivity contribution in [3.05, 3.63) is 74.8 Å². The van der Waals surface area contributed by atoms with E-state index in [4.69, 9.17) is 4.74 Å². The number of aliphatic hydroxyl groups excluding tert-OH is 1. The first kappa shape index (κ1) is 24.9. The summed E-state index contributed by atoms with van der Waals surface area (Å²) in [6.07, 6.45) is 0. The number of methoxy groups -OCH3 is 1. The molecular weight excluding hydrogens is 438 g/mol. The molecule has 0 bridgehead atoms. The van der Waals surface area contributed by atoms with E-state index >= 15 is 0 Å². The van der Waals surface area contributed by atoms with Gasteiger partial charge in [-0.2, -0.15) is 0 Å². The van der Waals surface area contributed by atoms with Crippen molar-refractivity contribution in [2.75, 3.05) is 33.3 Å². The molecule has 1 aliphatic rings. The van der Waals surface area contributed by atoms with Gasteiger partial charge in [-0.1, -0.05) is 13.8 Å². The monoisotopic (exact) mass is 467 g/mol. The molecule has 2 aromatic rings. The third kappa shape index (κ3) is 4.79. The fourth-order valence-corrected chi connectivity index (χ4v) is 4.21. The number of hydrogen-bond acceptors (Lipinski definition) is 7. The van der Waals surface area contributed by atoms with Crippen molar-refractivity contribution in [1.29, 1.82) is 0 Å². The van der Waals surface area contributed by atoms with Gasteiger partial charge < -0.3 is 19.6 Å². The van der Waals surface area contributed by atoms with Crippen LogP contribution in [0.4, 0.5) is 5.69 Å². The Bertz CT molecular complexity index is 1120. The van der Waals surface area contributed by atoms with Crippen LogP contribution in [0.3, 0.4) is 0 Å².